The van der Waals surface area contributed by atoms with Crippen LogP contribution in [0, 0.1) is 15.5 Å². The maximum absolute atomic E-state index is 13.0. The predicted octanol–water partition coefficient (Wildman–Crippen LogP) is 2.45. The summed E-state index contributed by atoms with van der Waals surface area (Å²) < 4.78 is 28.3. The number of hydrogen-bond donors (Lipinski definition) is 4. The van der Waals surface area contributed by atoms with Crippen LogP contribution in [0.4, 0.5) is 29.0 Å². The minimum absolute atomic E-state index is 0.0242. The van der Waals surface area contributed by atoms with E-state index in [1.54, 1.807) is 24.3 Å². The molecule has 4 aromatic rings. The van der Waals surface area contributed by atoms with Crippen LogP contribution in [-0.2, 0) is 10.0 Å². The molecule has 2 heterocycles. The summed E-state index contributed by atoms with van der Waals surface area (Å²) in [6.45, 7) is 0. The Labute approximate surface area is 186 Å². The van der Waals surface area contributed by atoms with Crippen LogP contribution in [0.3, 0.4) is 0 Å². The van der Waals surface area contributed by atoms with Gasteiger partial charge >= 0.3 is 0 Å². The summed E-state index contributed by atoms with van der Waals surface area (Å²) in [5, 5.41) is 21.4. The number of aromatic nitrogens is 4. The van der Waals surface area contributed by atoms with Gasteiger partial charge in [0.25, 0.3) is 15.7 Å². The summed E-state index contributed by atoms with van der Waals surface area (Å²) in [7, 11) is -4.28. The van der Waals surface area contributed by atoms with Gasteiger partial charge in [-0.1, -0.05) is 18.2 Å². The zero-order valence-electron chi connectivity index (χ0n) is 16.6. The summed E-state index contributed by atoms with van der Waals surface area (Å²) in [6.07, 6.45) is 2.12. The van der Waals surface area contributed by atoms with Crippen molar-refractivity contribution in [3.63, 3.8) is 0 Å². The number of non-ortho nitro benzene ring substituents is 1. The average molecular weight is 465 g/mol. The topological polar surface area (TPSA) is 203 Å². The van der Waals surface area contributed by atoms with E-state index in [0.717, 1.165) is 12.3 Å². The van der Waals surface area contributed by atoms with Crippen LogP contribution in [-0.4, -0.2) is 39.5 Å². The lowest BCUT2D eigenvalue weighted by Gasteiger charge is -2.14. The number of nitro benzene ring substituents is 1. The first kappa shape index (κ1) is 21.5. The number of rotatable bonds is 7. The summed E-state index contributed by atoms with van der Waals surface area (Å²) in [4.78, 5) is 26.6. The lowest BCUT2D eigenvalue weighted by Crippen LogP contribution is -2.16. The minimum Gasteiger partial charge on any atom is -0.383 e. The van der Waals surface area contributed by atoms with Crippen molar-refractivity contribution in [3.05, 3.63) is 70.5 Å². The molecule has 14 heteroatoms. The molecular weight excluding hydrogens is 450 g/mol. The van der Waals surface area contributed by atoms with Crippen LogP contribution in [0.25, 0.3) is 11.0 Å². The highest BCUT2D eigenvalue weighted by Crippen LogP contribution is 2.28. The fourth-order valence-corrected chi connectivity index (χ4v) is 3.92. The Bertz CT molecular complexity index is 1510. The second kappa shape index (κ2) is 8.43. The second-order valence-corrected chi connectivity index (χ2v) is 8.24. The van der Waals surface area contributed by atoms with Crippen LogP contribution < -0.4 is 15.8 Å². The fourth-order valence-electron chi connectivity index (χ4n) is 2.87. The van der Waals surface area contributed by atoms with E-state index in [-0.39, 0.29) is 39.4 Å². The Morgan fingerprint density at radius 3 is 2.36 bits per heavy atom. The lowest BCUT2D eigenvalue weighted by atomic mass is 10.3. The van der Waals surface area contributed by atoms with E-state index in [1.807, 2.05) is 0 Å². The van der Waals surface area contributed by atoms with Gasteiger partial charge in [-0.15, -0.1) is 0 Å². The van der Waals surface area contributed by atoms with Crippen LogP contribution in [0.1, 0.15) is 5.56 Å². The highest BCUT2D eigenvalue weighted by molar-refractivity contribution is 7.92. The molecule has 0 aliphatic rings. The standard InChI is InChI=1S/C19H15N9O4S/c20-9-13-16(21)22-10-23-17(13)26-18-19(25-15-7-2-1-6-14(15)24-18)27-33(31,32)12-5-3-4-11(8-12)28(29)30/h1-10,20H,(H,25,27)(H3,21,22,23,24,26). The third kappa shape index (κ3) is 4.35. The smallest absolute Gasteiger partial charge is 0.270 e. The molecule has 5 N–H and O–H groups in total. The van der Waals surface area contributed by atoms with Crippen molar-refractivity contribution in [2.45, 2.75) is 4.90 Å². The fraction of sp³-hybridized carbons (Fsp3) is 0. The van der Waals surface area contributed by atoms with Crippen molar-refractivity contribution in [2.75, 3.05) is 15.8 Å². The number of hydrogen-bond acceptors (Lipinski definition) is 11. The summed E-state index contributed by atoms with van der Waals surface area (Å²) in [5.41, 5.74) is 6.42. The van der Waals surface area contributed by atoms with Crippen LogP contribution in [0.5, 0.6) is 0 Å². The number of nitrogens with two attached hydrogens (primary N) is 1. The molecule has 0 unspecified atom stereocenters. The van der Waals surface area contributed by atoms with Crippen molar-refractivity contribution in [3.8, 4) is 0 Å². The SMILES string of the molecule is N=Cc1c(N)ncnc1Nc1nc2ccccc2nc1NS(=O)(=O)c1cccc([N+](=O)[O-])c1. The van der Waals surface area contributed by atoms with Gasteiger partial charge < -0.3 is 16.5 Å². The normalized spacial score (nSPS) is 11.2. The number of nitrogens with one attached hydrogen (secondary N) is 3. The van der Waals surface area contributed by atoms with E-state index in [4.69, 9.17) is 11.1 Å². The van der Waals surface area contributed by atoms with Crippen LogP contribution >= 0.6 is 0 Å². The number of fused-ring (bicyclic) bond motifs is 1. The number of nitrogens with zero attached hydrogens (tertiary/aromatic N) is 5. The predicted molar refractivity (Wildman–Crippen MR) is 121 cm³/mol. The van der Waals surface area contributed by atoms with Gasteiger partial charge in [0, 0.05) is 18.3 Å². The molecule has 33 heavy (non-hydrogen) atoms. The number of benzene rings is 2. The monoisotopic (exact) mass is 465 g/mol. The molecule has 0 radical (unpaired) electrons. The zero-order chi connectivity index (χ0) is 23.6. The summed E-state index contributed by atoms with van der Waals surface area (Å²) in [5.74, 6) is -0.0647. The van der Waals surface area contributed by atoms with Gasteiger partial charge in [0.1, 0.15) is 18.0 Å². The van der Waals surface area contributed by atoms with E-state index in [0.29, 0.717) is 11.0 Å². The Morgan fingerprint density at radius 1 is 1.00 bits per heavy atom. The maximum atomic E-state index is 13.0. The van der Waals surface area contributed by atoms with Crippen molar-refractivity contribution in [2.24, 2.45) is 0 Å². The van der Waals surface area contributed by atoms with E-state index in [2.05, 4.69) is 30.0 Å². The quantitative estimate of drug-likeness (QED) is 0.178. The molecule has 0 bridgehead atoms. The Balaban J connectivity index is 1.81. The molecule has 0 saturated heterocycles. The van der Waals surface area contributed by atoms with Crippen molar-refractivity contribution in [1.29, 1.82) is 5.41 Å². The van der Waals surface area contributed by atoms with Crippen molar-refractivity contribution in [1.82, 2.24) is 19.9 Å². The van der Waals surface area contributed by atoms with Gasteiger partial charge in [-0.3, -0.25) is 14.8 Å². The number of para-hydroxylation sites is 2. The number of sulfonamides is 1. The van der Waals surface area contributed by atoms with Gasteiger partial charge in [0.15, 0.2) is 11.6 Å². The molecule has 0 aliphatic heterocycles. The number of nitro groups is 1. The molecule has 0 saturated carbocycles. The van der Waals surface area contributed by atoms with Gasteiger partial charge in [-0.2, -0.15) is 0 Å². The molecule has 2 aromatic heterocycles. The molecule has 2 aromatic carbocycles. The van der Waals surface area contributed by atoms with E-state index < -0.39 is 14.9 Å². The zero-order valence-corrected chi connectivity index (χ0v) is 17.4. The summed E-state index contributed by atoms with van der Waals surface area (Å²) >= 11 is 0. The van der Waals surface area contributed by atoms with E-state index in [9.17, 15) is 18.5 Å². The largest absolute Gasteiger partial charge is 0.383 e. The van der Waals surface area contributed by atoms with Gasteiger partial charge in [0.2, 0.25) is 0 Å². The molecule has 0 spiro atoms. The van der Waals surface area contributed by atoms with E-state index >= 15 is 0 Å². The summed E-state index contributed by atoms with van der Waals surface area (Å²) in [6, 6.07) is 11.4. The molecular formula is C19H15N9O4S. The number of nitrogen functional groups attached to an aromatic ring is 1. The third-order valence-corrected chi connectivity index (χ3v) is 5.77. The molecule has 166 valence electrons. The second-order valence-electron chi connectivity index (χ2n) is 6.56. The molecule has 0 amide bonds. The molecule has 0 aliphatic carbocycles. The minimum atomic E-state index is -4.28. The average Bonchev–Trinajstić information content (AvgIpc) is 2.79. The first-order valence-electron chi connectivity index (χ1n) is 9.20. The lowest BCUT2D eigenvalue weighted by molar-refractivity contribution is -0.385. The molecule has 13 nitrogen and oxygen atoms in total. The Kier molecular flexibility index (Phi) is 5.49. The van der Waals surface area contributed by atoms with Crippen molar-refractivity contribution >= 4 is 56.2 Å². The highest BCUT2D eigenvalue weighted by Gasteiger charge is 2.22. The Morgan fingerprint density at radius 2 is 1.70 bits per heavy atom. The van der Waals surface area contributed by atoms with E-state index in [1.165, 1.54) is 24.5 Å². The molecule has 0 fully saturated rings. The Hall–Kier alpha value is -4.72. The molecule has 4 rings (SSSR count). The van der Waals surface area contributed by atoms with Gasteiger partial charge in [-0.05, 0) is 18.2 Å². The first-order chi connectivity index (χ1) is 15.8. The maximum Gasteiger partial charge on any atom is 0.270 e. The van der Waals surface area contributed by atoms with Gasteiger partial charge in [-0.25, -0.2) is 28.4 Å². The highest BCUT2D eigenvalue weighted by atomic mass is 32.2. The van der Waals surface area contributed by atoms with Gasteiger partial charge in [0.05, 0.1) is 26.4 Å². The molecule has 0 atom stereocenters. The van der Waals surface area contributed by atoms with Crippen LogP contribution in [0.15, 0.2) is 59.8 Å². The number of anilines is 4. The third-order valence-electron chi connectivity index (χ3n) is 4.44. The first-order valence-corrected chi connectivity index (χ1v) is 10.7. The van der Waals surface area contributed by atoms with Crippen LogP contribution in [0.2, 0.25) is 0 Å². The van der Waals surface area contributed by atoms with Crippen molar-refractivity contribution < 1.29 is 13.3 Å².